The maximum absolute atomic E-state index is 13.1. The van der Waals surface area contributed by atoms with Crippen molar-refractivity contribution in [3.05, 3.63) is 35.6 Å². The molecule has 3 rings (SSSR count). The van der Waals surface area contributed by atoms with Gasteiger partial charge in [0, 0.05) is 13.6 Å². The van der Waals surface area contributed by atoms with Crippen LogP contribution in [0.5, 0.6) is 0 Å². The van der Waals surface area contributed by atoms with Gasteiger partial charge in [0.1, 0.15) is 17.9 Å². The molecule has 1 atom stereocenters. The molecule has 1 spiro atoms. The van der Waals surface area contributed by atoms with E-state index in [1.54, 1.807) is 19.2 Å². The van der Waals surface area contributed by atoms with Crippen LogP contribution in [0.25, 0.3) is 0 Å². The van der Waals surface area contributed by atoms with Gasteiger partial charge in [0.25, 0.3) is 5.91 Å². The second-order valence-electron chi connectivity index (χ2n) is 8.18. The number of amides is 4. The Balaban J connectivity index is 1.60. The lowest BCUT2D eigenvalue weighted by molar-refractivity contribution is -0.145. The standard InChI is InChI=1S/C22H28FN3O5/c1-25-21(30)26(20(29)22(25)10-4-3-5-11-22)14-18(27)24-13-16(19(28)31-2)12-15-6-8-17(23)9-7-15/h6-9,16H,3-5,10-14H2,1-2H3,(H,24,27). The summed E-state index contributed by atoms with van der Waals surface area (Å²) in [4.78, 5) is 52.7. The number of rotatable bonds is 7. The van der Waals surface area contributed by atoms with Crippen molar-refractivity contribution in [2.24, 2.45) is 5.92 Å². The van der Waals surface area contributed by atoms with Gasteiger partial charge in [-0.05, 0) is 37.0 Å². The quantitative estimate of drug-likeness (QED) is 0.523. The third-order valence-electron chi connectivity index (χ3n) is 6.26. The molecular formula is C22H28FN3O5. The van der Waals surface area contributed by atoms with Crippen molar-refractivity contribution in [3.63, 3.8) is 0 Å². The Morgan fingerprint density at radius 3 is 2.42 bits per heavy atom. The summed E-state index contributed by atoms with van der Waals surface area (Å²) in [5.41, 5.74) is -0.121. The van der Waals surface area contributed by atoms with Crippen molar-refractivity contribution < 1.29 is 28.3 Å². The molecule has 1 aliphatic carbocycles. The molecule has 1 aromatic carbocycles. The lowest BCUT2D eigenvalue weighted by Crippen LogP contribution is -2.49. The number of benzene rings is 1. The zero-order valence-electron chi connectivity index (χ0n) is 17.9. The average Bonchev–Trinajstić information content (AvgIpc) is 2.94. The summed E-state index contributed by atoms with van der Waals surface area (Å²) in [6.45, 7) is -0.422. The Bertz CT molecular complexity index is 851. The van der Waals surface area contributed by atoms with Crippen LogP contribution in [-0.4, -0.2) is 66.4 Å². The molecule has 2 aliphatic rings. The highest BCUT2D eigenvalue weighted by Gasteiger charge is 2.55. The first-order valence-electron chi connectivity index (χ1n) is 10.5. The third-order valence-corrected chi connectivity index (χ3v) is 6.26. The van der Waals surface area contributed by atoms with E-state index in [1.165, 1.54) is 24.1 Å². The zero-order valence-corrected chi connectivity index (χ0v) is 17.9. The molecule has 2 fully saturated rings. The van der Waals surface area contributed by atoms with Crippen molar-refractivity contribution >= 4 is 23.8 Å². The number of imide groups is 1. The number of nitrogens with zero attached hydrogens (tertiary/aromatic N) is 2. The van der Waals surface area contributed by atoms with E-state index in [0.717, 1.165) is 29.7 Å². The van der Waals surface area contributed by atoms with Gasteiger partial charge < -0.3 is 15.0 Å². The minimum Gasteiger partial charge on any atom is -0.469 e. The highest BCUT2D eigenvalue weighted by molar-refractivity contribution is 6.08. The van der Waals surface area contributed by atoms with Crippen LogP contribution < -0.4 is 5.32 Å². The van der Waals surface area contributed by atoms with Gasteiger partial charge in [-0.25, -0.2) is 9.18 Å². The van der Waals surface area contributed by atoms with Crippen molar-refractivity contribution in [2.75, 3.05) is 27.2 Å². The van der Waals surface area contributed by atoms with Gasteiger partial charge in [-0.1, -0.05) is 31.4 Å². The Morgan fingerprint density at radius 2 is 1.81 bits per heavy atom. The van der Waals surface area contributed by atoms with Crippen molar-refractivity contribution in [1.29, 1.82) is 0 Å². The largest absolute Gasteiger partial charge is 0.469 e. The van der Waals surface area contributed by atoms with Crippen LogP contribution in [0, 0.1) is 11.7 Å². The number of esters is 1. The second kappa shape index (κ2) is 9.45. The van der Waals surface area contributed by atoms with Crippen LogP contribution in [-0.2, 0) is 25.5 Å². The fraction of sp³-hybridized carbons (Fsp3) is 0.545. The molecule has 1 heterocycles. The molecular weight excluding hydrogens is 405 g/mol. The van der Waals surface area contributed by atoms with E-state index < -0.39 is 35.9 Å². The number of likely N-dealkylation sites (N-methyl/N-ethyl adjacent to an activating group) is 1. The number of urea groups is 1. The number of carbonyl (C=O) groups excluding carboxylic acids is 4. The van der Waals surface area contributed by atoms with Crippen LogP contribution in [0.2, 0.25) is 0 Å². The van der Waals surface area contributed by atoms with E-state index in [1.807, 2.05) is 0 Å². The van der Waals surface area contributed by atoms with Gasteiger partial charge in [-0.15, -0.1) is 0 Å². The Morgan fingerprint density at radius 1 is 1.16 bits per heavy atom. The third kappa shape index (κ3) is 4.70. The molecule has 8 nitrogen and oxygen atoms in total. The maximum atomic E-state index is 13.1. The topological polar surface area (TPSA) is 96.0 Å². The first-order chi connectivity index (χ1) is 14.8. The SMILES string of the molecule is COC(=O)C(CNC(=O)CN1C(=O)N(C)C2(CCCCC2)C1=O)Cc1ccc(F)cc1. The zero-order chi connectivity index (χ0) is 22.6. The van der Waals surface area contributed by atoms with Crippen LogP contribution in [0.4, 0.5) is 9.18 Å². The molecule has 1 unspecified atom stereocenters. The highest BCUT2D eigenvalue weighted by Crippen LogP contribution is 2.39. The molecule has 0 aromatic heterocycles. The fourth-order valence-corrected chi connectivity index (χ4v) is 4.42. The van der Waals surface area contributed by atoms with Gasteiger partial charge >= 0.3 is 12.0 Å². The Kier molecular flexibility index (Phi) is 6.92. The molecule has 1 saturated heterocycles. The van der Waals surface area contributed by atoms with Crippen LogP contribution >= 0.6 is 0 Å². The molecule has 0 radical (unpaired) electrons. The number of hydrogen-bond donors (Lipinski definition) is 1. The fourth-order valence-electron chi connectivity index (χ4n) is 4.42. The minimum absolute atomic E-state index is 0.0277. The van der Waals surface area contributed by atoms with Crippen LogP contribution in [0.3, 0.4) is 0 Å². The van der Waals surface area contributed by atoms with Gasteiger partial charge in [0.05, 0.1) is 13.0 Å². The van der Waals surface area contributed by atoms with Crippen LogP contribution in [0.1, 0.15) is 37.7 Å². The van der Waals surface area contributed by atoms with E-state index in [0.29, 0.717) is 12.8 Å². The Labute approximate surface area is 180 Å². The highest BCUT2D eigenvalue weighted by atomic mass is 19.1. The minimum atomic E-state index is -0.841. The number of hydrogen-bond acceptors (Lipinski definition) is 5. The predicted molar refractivity (Wildman–Crippen MR) is 109 cm³/mol. The smallest absolute Gasteiger partial charge is 0.327 e. The van der Waals surface area contributed by atoms with Gasteiger partial charge in [0.15, 0.2) is 0 Å². The average molecular weight is 433 g/mol. The molecule has 1 saturated carbocycles. The van der Waals surface area contributed by atoms with Crippen LogP contribution in [0.15, 0.2) is 24.3 Å². The second-order valence-corrected chi connectivity index (χ2v) is 8.18. The lowest BCUT2D eigenvalue weighted by atomic mass is 9.81. The van der Waals surface area contributed by atoms with Crippen molar-refractivity contribution in [3.8, 4) is 0 Å². The Hall–Kier alpha value is -2.97. The van der Waals surface area contributed by atoms with E-state index in [-0.39, 0.29) is 24.7 Å². The summed E-state index contributed by atoms with van der Waals surface area (Å²) in [6, 6.07) is 5.25. The summed E-state index contributed by atoms with van der Waals surface area (Å²) in [6.07, 6.45) is 4.23. The number of ether oxygens (including phenoxy) is 1. The van der Waals surface area contributed by atoms with Gasteiger partial charge in [0.2, 0.25) is 5.91 Å². The number of halogens is 1. The molecule has 1 N–H and O–H groups in total. The number of nitrogens with one attached hydrogen (secondary N) is 1. The molecule has 4 amide bonds. The van der Waals surface area contributed by atoms with E-state index >= 15 is 0 Å². The first-order valence-corrected chi connectivity index (χ1v) is 10.5. The summed E-state index contributed by atoms with van der Waals surface area (Å²) in [5, 5.41) is 2.63. The molecule has 9 heteroatoms. The first kappa shape index (κ1) is 22.7. The lowest BCUT2D eigenvalue weighted by Gasteiger charge is -2.35. The predicted octanol–water partition coefficient (Wildman–Crippen LogP) is 1.87. The van der Waals surface area contributed by atoms with E-state index in [2.05, 4.69) is 5.32 Å². The normalized spacial score (nSPS) is 18.9. The summed E-state index contributed by atoms with van der Waals surface area (Å²) >= 11 is 0. The summed E-state index contributed by atoms with van der Waals surface area (Å²) in [5.74, 6) is -2.44. The molecule has 0 bridgehead atoms. The van der Waals surface area contributed by atoms with E-state index in [4.69, 9.17) is 4.74 Å². The maximum Gasteiger partial charge on any atom is 0.327 e. The van der Waals surface area contributed by atoms with Gasteiger partial charge in [-0.3, -0.25) is 19.3 Å². The molecule has 31 heavy (non-hydrogen) atoms. The van der Waals surface area contributed by atoms with Crippen molar-refractivity contribution in [2.45, 2.75) is 44.1 Å². The van der Waals surface area contributed by atoms with Gasteiger partial charge in [-0.2, -0.15) is 0 Å². The van der Waals surface area contributed by atoms with E-state index in [9.17, 15) is 23.6 Å². The summed E-state index contributed by atoms with van der Waals surface area (Å²) in [7, 11) is 2.86. The molecule has 1 aromatic rings. The summed E-state index contributed by atoms with van der Waals surface area (Å²) < 4.78 is 17.9. The molecule has 1 aliphatic heterocycles. The molecule has 168 valence electrons. The van der Waals surface area contributed by atoms with Crippen molar-refractivity contribution in [1.82, 2.24) is 15.1 Å². The number of methoxy groups -OCH3 is 1. The number of carbonyl (C=O) groups is 4. The monoisotopic (exact) mass is 433 g/mol.